The van der Waals surface area contributed by atoms with Crippen LogP contribution in [-0.4, -0.2) is 55.2 Å². The van der Waals surface area contributed by atoms with Gasteiger partial charge in [-0.05, 0) is 44.4 Å². The largest absolute Gasteiger partial charge is 0.393 e. The van der Waals surface area contributed by atoms with Crippen molar-refractivity contribution in [3.63, 3.8) is 0 Å². The molecule has 0 bridgehead atoms. The molecule has 0 spiro atoms. The van der Waals surface area contributed by atoms with E-state index < -0.39 is 16.1 Å². The maximum Gasteiger partial charge on any atom is 0.238 e. The van der Waals surface area contributed by atoms with Crippen LogP contribution in [-0.2, 0) is 14.8 Å². The average molecular weight is 304 g/mol. The normalized spacial score (nSPS) is 32.2. The number of carbonyl (C=O) groups excluding carboxylic acids is 1. The Morgan fingerprint density at radius 1 is 1.25 bits per heavy atom. The highest BCUT2D eigenvalue weighted by molar-refractivity contribution is 7.88. The van der Waals surface area contributed by atoms with Crippen LogP contribution in [0.25, 0.3) is 0 Å². The SMILES string of the molecule is CS(=O)(=O)N1CCCC1C(=O)NCC1CCC(O)CC1. The highest BCUT2D eigenvalue weighted by Gasteiger charge is 2.36. The molecule has 0 radical (unpaired) electrons. The van der Waals surface area contributed by atoms with Gasteiger partial charge in [-0.1, -0.05) is 0 Å². The number of hydrogen-bond donors (Lipinski definition) is 2. The first-order valence-corrected chi connectivity index (χ1v) is 9.15. The Kier molecular flexibility index (Phi) is 5.04. The van der Waals surface area contributed by atoms with Gasteiger partial charge in [-0.2, -0.15) is 4.31 Å². The Bertz CT molecular complexity index is 443. The minimum atomic E-state index is -3.31. The number of amides is 1. The number of nitrogens with zero attached hydrogens (tertiary/aromatic N) is 1. The van der Waals surface area contributed by atoms with E-state index in [4.69, 9.17) is 0 Å². The highest BCUT2D eigenvalue weighted by atomic mass is 32.2. The Hall–Kier alpha value is -0.660. The van der Waals surface area contributed by atoms with Crippen molar-refractivity contribution in [1.29, 1.82) is 0 Å². The fraction of sp³-hybridized carbons (Fsp3) is 0.923. The molecule has 2 fully saturated rings. The molecule has 1 aliphatic carbocycles. The third-order valence-electron chi connectivity index (χ3n) is 4.31. The maximum absolute atomic E-state index is 12.1. The Balaban J connectivity index is 1.82. The molecule has 0 aromatic rings. The minimum Gasteiger partial charge on any atom is -0.393 e. The molecule has 1 saturated carbocycles. The van der Waals surface area contributed by atoms with Gasteiger partial charge < -0.3 is 10.4 Å². The van der Waals surface area contributed by atoms with E-state index in [1.807, 2.05) is 0 Å². The van der Waals surface area contributed by atoms with Gasteiger partial charge in [-0.25, -0.2) is 8.42 Å². The van der Waals surface area contributed by atoms with E-state index in [1.54, 1.807) is 0 Å². The van der Waals surface area contributed by atoms with Gasteiger partial charge in [-0.15, -0.1) is 0 Å². The lowest BCUT2D eigenvalue weighted by Gasteiger charge is -2.27. The second-order valence-corrected chi connectivity index (χ2v) is 7.89. The van der Waals surface area contributed by atoms with E-state index in [-0.39, 0.29) is 12.0 Å². The lowest BCUT2D eigenvalue weighted by Crippen LogP contribution is -2.46. The Morgan fingerprint density at radius 3 is 2.50 bits per heavy atom. The van der Waals surface area contributed by atoms with Crippen LogP contribution in [0.15, 0.2) is 0 Å². The fourth-order valence-electron chi connectivity index (χ4n) is 3.11. The molecule has 1 atom stereocenters. The number of aliphatic hydroxyl groups is 1. The molecule has 1 saturated heterocycles. The molecule has 1 unspecified atom stereocenters. The summed E-state index contributed by atoms with van der Waals surface area (Å²) in [5, 5.41) is 12.3. The topological polar surface area (TPSA) is 86.7 Å². The summed E-state index contributed by atoms with van der Waals surface area (Å²) >= 11 is 0. The molecule has 116 valence electrons. The van der Waals surface area contributed by atoms with E-state index in [2.05, 4.69) is 5.32 Å². The van der Waals surface area contributed by atoms with Gasteiger partial charge in [0.15, 0.2) is 0 Å². The number of aliphatic hydroxyl groups excluding tert-OH is 1. The van der Waals surface area contributed by atoms with Crippen molar-refractivity contribution in [3.05, 3.63) is 0 Å². The van der Waals surface area contributed by atoms with E-state index in [0.717, 1.165) is 38.4 Å². The van der Waals surface area contributed by atoms with Gasteiger partial charge >= 0.3 is 0 Å². The van der Waals surface area contributed by atoms with Crippen LogP contribution >= 0.6 is 0 Å². The summed E-state index contributed by atoms with van der Waals surface area (Å²) in [4.78, 5) is 12.1. The Morgan fingerprint density at radius 2 is 1.90 bits per heavy atom. The van der Waals surface area contributed by atoms with Gasteiger partial charge in [0.05, 0.1) is 12.4 Å². The zero-order valence-electron chi connectivity index (χ0n) is 11.9. The number of carbonyl (C=O) groups is 1. The van der Waals surface area contributed by atoms with E-state index in [9.17, 15) is 18.3 Å². The first-order valence-electron chi connectivity index (χ1n) is 7.30. The van der Waals surface area contributed by atoms with Crippen LogP contribution in [0.1, 0.15) is 38.5 Å². The summed E-state index contributed by atoms with van der Waals surface area (Å²) in [6, 6.07) is -0.542. The molecular weight excluding hydrogens is 280 g/mol. The fourth-order valence-corrected chi connectivity index (χ4v) is 4.24. The number of rotatable bonds is 4. The lowest BCUT2D eigenvalue weighted by molar-refractivity contribution is -0.124. The maximum atomic E-state index is 12.1. The molecular formula is C13H24N2O4S. The molecule has 0 aromatic carbocycles. The summed E-state index contributed by atoms with van der Waals surface area (Å²) in [5.41, 5.74) is 0. The minimum absolute atomic E-state index is 0.181. The summed E-state index contributed by atoms with van der Waals surface area (Å²) in [6.45, 7) is 1.02. The summed E-state index contributed by atoms with van der Waals surface area (Å²) < 4.78 is 24.5. The third-order valence-corrected chi connectivity index (χ3v) is 5.60. The second kappa shape index (κ2) is 6.41. The van der Waals surface area contributed by atoms with Gasteiger partial charge in [0.25, 0.3) is 0 Å². The third kappa shape index (κ3) is 3.93. The highest BCUT2D eigenvalue weighted by Crippen LogP contribution is 2.24. The summed E-state index contributed by atoms with van der Waals surface area (Å²) in [5.74, 6) is 0.217. The molecule has 2 rings (SSSR count). The van der Waals surface area contributed by atoms with E-state index in [1.165, 1.54) is 4.31 Å². The van der Waals surface area contributed by atoms with Crippen LogP contribution in [0.2, 0.25) is 0 Å². The van der Waals surface area contributed by atoms with Crippen molar-refractivity contribution in [2.75, 3.05) is 19.3 Å². The van der Waals surface area contributed by atoms with Gasteiger partial charge in [0, 0.05) is 13.1 Å². The average Bonchev–Trinajstić information content (AvgIpc) is 2.87. The molecule has 1 heterocycles. The van der Waals surface area contributed by atoms with E-state index >= 15 is 0 Å². The van der Waals surface area contributed by atoms with Crippen LogP contribution in [0, 0.1) is 5.92 Å². The summed E-state index contributed by atoms with van der Waals surface area (Å²) in [6.07, 6.45) is 5.71. The van der Waals surface area contributed by atoms with Crippen LogP contribution in [0.3, 0.4) is 0 Å². The first kappa shape index (κ1) is 15.7. The second-order valence-electron chi connectivity index (χ2n) is 5.95. The molecule has 2 N–H and O–H groups in total. The predicted molar refractivity (Wildman–Crippen MR) is 75.5 cm³/mol. The zero-order valence-corrected chi connectivity index (χ0v) is 12.7. The zero-order chi connectivity index (χ0) is 14.8. The molecule has 1 amide bonds. The predicted octanol–water partition coefficient (Wildman–Crippen LogP) is 0.0777. The molecule has 7 heteroatoms. The lowest BCUT2D eigenvalue weighted by atomic mass is 9.87. The summed E-state index contributed by atoms with van der Waals surface area (Å²) in [7, 11) is -3.31. The van der Waals surface area contributed by atoms with Crippen molar-refractivity contribution in [2.24, 2.45) is 5.92 Å². The van der Waals surface area contributed by atoms with E-state index in [0.29, 0.717) is 25.4 Å². The molecule has 6 nitrogen and oxygen atoms in total. The van der Waals surface area contributed by atoms with Crippen molar-refractivity contribution >= 4 is 15.9 Å². The van der Waals surface area contributed by atoms with Crippen LogP contribution < -0.4 is 5.32 Å². The van der Waals surface area contributed by atoms with Crippen molar-refractivity contribution in [2.45, 2.75) is 50.7 Å². The first-order chi connectivity index (χ1) is 9.38. The van der Waals surface area contributed by atoms with Crippen LogP contribution in [0.5, 0.6) is 0 Å². The molecule has 2 aliphatic rings. The van der Waals surface area contributed by atoms with Crippen molar-refractivity contribution in [1.82, 2.24) is 9.62 Å². The van der Waals surface area contributed by atoms with Gasteiger partial charge in [0.2, 0.25) is 15.9 Å². The number of nitrogens with one attached hydrogen (secondary N) is 1. The van der Waals surface area contributed by atoms with Crippen molar-refractivity contribution < 1.29 is 18.3 Å². The smallest absolute Gasteiger partial charge is 0.238 e. The van der Waals surface area contributed by atoms with Crippen LogP contribution in [0.4, 0.5) is 0 Å². The number of hydrogen-bond acceptors (Lipinski definition) is 4. The molecule has 20 heavy (non-hydrogen) atoms. The van der Waals surface area contributed by atoms with Gasteiger partial charge in [-0.3, -0.25) is 4.79 Å². The molecule has 0 aromatic heterocycles. The van der Waals surface area contributed by atoms with Crippen molar-refractivity contribution in [3.8, 4) is 0 Å². The molecule has 1 aliphatic heterocycles. The quantitative estimate of drug-likeness (QED) is 0.770. The standard InChI is InChI=1S/C13H24N2O4S/c1-20(18,19)15-8-2-3-12(15)13(17)14-9-10-4-6-11(16)7-5-10/h10-12,16H,2-9H2,1H3,(H,14,17). The Labute approximate surface area is 120 Å². The van der Waals surface area contributed by atoms with Gasteiger partial charge in [0.1, 0.15) is 6.04 Å². The monoisotopic (exact) mass is 304 g/mol. The number of sulfonamides is 1.